The van der Waals surface area contributed by atoms with Crippen LogP contribution in [0.5, 0.6) is 0 Å². The van der Waals surface area contributed by atoms with Gasteiger partial charge >= 0.3 is 0 Å². The first-order valence-corrected chi connectivity index (χ1v) is 9.16. The molecule has 0 aliphatic heterocycles. The molecule has 1 aromatic heterocycles. The molecule has 1 aliphatic carbocycles. The van der Waals surface area contributed by atoms with E-state index in [9.17, 15) is 0 Å². The summed E-state index contributed by atoms with van der Waals surface area (Å²) in [6, 6.07) is 16.2. The third-order valence-electron chi connectivity index (χ3n) is 4.36. The van der Waals surface area contributed by atoms with Gasteiger partial charge in [-0.2, -0.15) is 0 Å². The van der Waals surface area contributed by atoms with E-state index in [0.29, 0.717) is 10.9 Å². The van der Waals surface area contributed by atoms with E-state index in [4.69, 9.17) is 22.3 Å². The summed E-state index contributed by atoms with van der Waals surface area (Å²) in [5.41, 5.74) is 9.54. The van der Waals surface area contributed by atoms with Gasteiger partial charge in [-0.3, -0.25) is 0 Å². The fourth-order valence-corrected chi connectivity index (χ4v) is 3.42. The van der Waals surface area contributed by atoms with E-state index in [1.165, 1.54) is 18.4 Å². The molecule has 1 fully saturated rings. The van der Waals surface area contributed by atoms with Gasteiger partial charge in [0.1, 0.15) is 17.3 Å². The van der Waals surface area contributed by atoms with Crippen LogP contribution in [-0.4, -0.2) is 9.55 Å². The van der Waals surface area contributed by atoms with E-state index in [0.717, 1.165) is 33.9 Å². The Hall–Kier alpha value is -1.78. The first-order valence-electron chi connectivity index (χ1n) is 7.98. The van der Waals surface area contributed by atoms with E-state index in [1.807, 2.05) is 24.3 Å². The predicted molar refractivity (Wildman–Crippen MR) is 102 cm³/mol. The SMILES string of the molecule is Nc1c(-c2ccc(Cl)c(Br)c2)nc(C2CC2)n1Cc1ccccc1. The Kier molecular flexibility index (Phi) is 4.10. The number of imidazole rings is 1. The molecule has 1 aliphatic rings. The van der Waals surface area contributed by atoms with Crippen molar-refractivity contribution in [2.24, 2.45) is 0 Å². The van der Waals surface area contributed by atoms with Gasteiger partial charge < -0.3 is 10.3 Å². The molecular formula is C19H17BrClN3. The molecule has 0 spiro atoms. The smallest absolute Gasteiger partial charge is 0.132 e. The summed E-state index contributed by atoms with van der Waals surface area (Å²) in [6.07, 6.45) is 2.38. The maximum absolute atomic E-state index is 6.49. The first-order chi connectivity index (χ1) is 11.6. The minimum atomic E-state index is 0.528. The highest BCUT2D eigenvalue weighted by Crippen LogP contribution is 2.43. The molecule has 24 heavy (non-hydrogen) atoms. The normalized spacial score (nSPS) is 14.1. The Morgan fingerprint density at radius 3 is 2.58 bits per heavy atom. The van der Waals surface area contributed by atoms with Gasteiger partial charge in [-0.15, -0.1) is 0 Å². The van der Waals surface area contributed by atoms with Crippen molar-refractivity contribution in [2.75, 3.05) is 5.73 Å². The molecule has 2 N–H and O–H groups in total. The number of halogens is 2. The lowest BCUT2D eigenvalue weighted by molar-refractivity contribution is 0.735. The second-order valence-electron chi connectivity index (χ2n) is 6.18. The summed E-state index contributed by atoms with van der Waals surface area (Å²) in [6.45, 7) is 0.750. The van der Waals surface area contributed by atoms with E-state index >= 15 is 0 Å². The Labute approximate surface area is 154 Å². The summed E-state index contributed by atoms with van der Waals surface area (Å²) >= 11 is 9.59. The van der Waals surface area contributed by atoms with Crippen LogP contribution in [0.25, 0.3) is 11.3 Å². The van der Waals surface area contributed by atoms with Crippen LogP contribution in [0.3, 0.4) is 0 Å². The van der Waals surface area contributed by atoms with Gasteiger partial charge in [0.25, 0.3) is 0 Å². The van der Waals surface area contributed by atoms with Crippen molar-refractivity contribution in [3.8, 4) is 11.3 Å². The zero-order valence-corrected chi connectivity index (χ0v) is 15.4. The van der Waals surface area contributed by atoms with Crippen molar-refractivity contribution in [3.63, 3.8) is 0 Å². The minimum absolute atomic E-state index is 0.528. The molecule has 2 aromatic carbocycles. The van der Waals surface area contributed by atoms with Crippen molar-refractivity contribution >= 4 is 33.3 Å². The highest BCUT2D eigenvalue weighted by atomic mass is 79.9. The third-order valence-corrected chi connectivity index (χ3v) is 5.57. The second kappa shape index (κ2) is 6.26. The zero-order chi connectivity index (χ0) is 16.7. The first kappa shape index (κ1) is 15.7. The van der Waals surface area contributed by atoms with Gasteiger partial charge in [-0.05, 0) is 46.5 Å². The van der Waals surface area contributed by atoms with Crippen molar-refractivity contribution in [3.05, 3.63) is 69.4 Å². The summed E-state index contributed by atoms with van der Waals surface area (Å²) < 4.78 is 3.01. The third kappa shape index (κ3) is 2.96. The van der Waals surface area contributed by atoms with E-state index in [-0.39, 0.29) is 0 Å². The standard InChI is InChI=1S/C19H17BrClN3/c20-15-10-14(8-9-16(15)21)17-18(22)24(19(23-17)13-6-7-13)11-12-4-2-1-3-5-12/h1-5,8-10,13H,6-7,11,22H2. The number of anilines is 1. The fourth-order valence-electron chi connectivity index (χ4n) is 2.92. The molecule has 4 rings (SSSR count). The second-order valence-corrected chi connectivity index (χ2v) is 7.44. The largest absolute Gasteiger partial charge is 0.383 e. The average molecular weight is 403 g/mol. The number of hydrogen-bond donors (Lipinski definition) is 1. The van der Waals surface area contributed by atoms with Crippen LogP contribution in [0.15, 0.2) is 53.0 Å². The Morgan fingerprint density at radius 2 is 1.92 bits per heavy atom. The summed E-state index contributed by atoms with van der Waals surface area (Å²) in [7, 11) is 0. The number of nitrogen functional groups attached to an aromatic ring is 1. The Morgan fingerprint density at radius 1 is 1.17 bits per heavy atom. The topological polar surface area (TPSA) is 43.8 Å². The lowest BCUT2D eigenvalue weighted by Gasteiger charge is -2.09. The summed E-state index contributed by atoms with van der Waals surface area (Å²) in [5.74, 6) is 2.34. The number of aromatic nitrogens is 2. The molecule has 0 unspecified atom stereocenters. The fraction of sp³-hybridized carbons (Fsp3) is 0.211. The maximum Gasteiger partial charge on any atom is 0.132 e. The van der Waals surface area contributed by atoms with Crippen LogP contribution < -0.4 is 5.73 Å². The molecule has 0 radical (unpaired) electrons. The van der Waals surface area contributed by atoms with Crippen LogP contribution in [0.2, 0.25) is 5.02 Å². The van der Waals surface area contributed by atoms with Crippen molar-refractivity contribution < 1.29 is 0 Å². The van der Waals surface area contributed by atoms with Crippen molar-refractivity contribution in [1.29, 1.82) is 0 Å². The number of nitrogens with zero attached hydrogens (tertiary/aromatic N) is 2. The predicted octanol–water partition coefficient (Wildman–Crippen LogP) is 5.47. The number of benzene rings is 2. The van der Waals surface area contributed by atoms with Gasteiger partial charge in [-0.25, -0.2) is 4.98 Å². The van der Waals surface area contributed by atoms with Gasteiger partial charge in [-0.1, -0.05) is 48.0 Å². The van der Waals surface area contributed by atoms with Gasteiger partial charge in [0.2, 0.25) is 0 Å². The Balaban J connectivity index is 1.78. The average Bonchev–Trinajstić information content (AvgIpc) is 3.38. The van der Waals surface area contributed by atoms with E-state index in [2.05, 4.69) is 44.8 Å². The molecule has 122 valence electrons. The van der Waals surface area contributed by atoms with E-state index in [1.54, 1.807) is 0 Å². The highest BCUT2D eigenvalue weighted by molar-refractivity contribution is 9.10. The van der Waals surface area contributed by atoms with Crippen molar-refractivity contribution in [2.45, 2.75) is 25.3 Å². The number of nitrogens with two attached hydrogens (primary N) is 1. The molecule has 1 heterocycles. The number of rotatable bonds is 4. The van der Waals surface area contributed by atoms with Gasteiger partial charge in [0, 0.05) is 16.0 Å². The molecule has 0 atom stereocenters. The lowest BCUT2D eigenvalue weighted by atomic mass is 10.1. The molecule has 3 aromatic rings. The Bertz CT molecular complexity index is 885. The van der Waals surface area contributed by atoms with Crippen LogP contribution in [-0.2, 0) is 6.54 Å². The lowest BCUT2D eigenvalue weighted by Crippen LogP contribution is -2.07. The van der Waals surface area contributed by atoms with Gasteiger partial charge in [0.15, 0.2) is 0 Å². The van der Waals surface area contributed by atoms with Crippen LogP contribution in [0, 0.1) is 0 Å². The molecule has 5 heteroatoms. The van der Waals surface area contributed by atoms with Crippen LogP contribution in [0.4, 0.5) is 5.82 Å². The number of hydrogen-bond acceptors (Lipinski definition) is 2. The maximum atomic E-state index is 6.49. The summed E-state index contributed by atoms with van der Waals surface area (Å²) in [5, 5.41) is 0.684. The van der Waals surface area contributed by atoms with Gasteiger partial charge in [0.05, 0.1) is 11.6 Å². The molecule has 0 bridgehead atoms. The van der Waals surface area contributed by atoms with Crippen molar-refractivity contribution in [1.82, 2.24) is 9.55 Å². The molecule has 3 nitrogen and oxygen atoms in total. The van der Waals surface area contributed by atoms with Crippen LogP contribution in [0.1, 0.15) is 30.1 Å². The van der Waals surface area contributed by atoms with E-state index < -0.39 is 0 Å². The minimum Gasteiger partial charge on any atom is -0.383 e. The zero-order valence-electron chi connectivity index (χ0n) is 13.0. The highest BCUT2D eigenvalue weighted by Gasteiger charge is 2.31. The molecular weight excluding hydrogens is 386 g/mol. The van der Waals surface area contributed by atoms with Crippen LogP contribution >= 0.6 is 27.5 Å². The monoisotopic (exact) mass is 401 g/mol. The quantitative estimate of drug-likeness (QED) is 0.628. The molecule has 1 saturated carbocycles. The molecule has 0 amide bonds. The molecule has 0 saturated heterocycles. The summed E-state index contributed by atoms with van der Waals surface area (Å²) in [4.78, 5) is 4.88.